The number of carboxylic acid groups (broad SMARTS) is 1. The number of amides is 1. The molecule has 1 unspecified atom stereocenters. The molecule has 3 rings (SSSR count). The van der Waals surface area contributed by atoms with E-state index >= 15 is 0 Å². The second-order valence-electron chi connectivity index (χ2n) is 5.13. The van der Waals surface area contributed by atoms with Crippen molar-refractivity contribution < 1.29 is 19.5 Å². The van der Waals surface area contributed by atoms with E-state index in [0.29, 0.717) is 24.1 Å². The Morgan fingerprint density at radius 2 is 1.87 bits per heavy atom. The van der Waals surface area contributed by atoms with Crippen molar-refractivity contribution in [2.45, 2.75) is 12.5 Å². The van der Waals surface area contributed by atoms with Crippen molar-refractivity contribution in [3.05, 3.63) is 71.7 Å². The van der Waals surface area contributed by atoms with Crippen molar-refractivity contribution in [2.75, 3.05) is 0 Å². The van der Waals surface area contributed by atoms with E-state index in [1.54, 1.807) is 48.5 Å². The Labute approximate surface area is 132 Å². The third-order valence-corrected chi connectivity index (χ3v) is 3.86. The maximum atomic E-state index is 12.6. The summed E-state index contributed by atoms with van der Waals surface area (Å²) in [4.78, 5) is 36.6. The summed E-state index contributed by atoms with van der Waals surface area (Å²) in [7, 11) is 0. The number of rotatable bonds is 4. The molecule has 1 aromatic heterocycles. The number of benzene rings is 1. The molecule has 1 amide bonds. The average Bonchev–Trinajstić information content (AvgIpc) is 3.20. The molecule has 1 aliphatic heterocycles. The first-order valence-corrected chi connectivity index (χ1v) is 7.07. The van der Waals surface area contributed by atoms with Crippen molar-refractivity contribution in [3.8, 4) is 0 Å². The van der Waals surface area contributed by atoms with Crippen LogP contribution in [0.5, 0.6) is 0 Å². The molecule has 0 fully saturated rings. The molecule has 0 aliphatic carbocycles. The summed E-state index contributed by atoms with van der Waals surface area (Å²) in [5.74, 6) is -0.256. The maximum Gasteiger partial charge on any atom is 0.415 e. The molecule has 0 spiro atoms. The molecule has 1 N–H and O–H groups in total. The van der Waals surface area contributed by atoms with Crippen LogP contribution in [0.3, 0.4) is 0 Å². The molecule has 6 heteroatoms. The van der Waals surface area contributed by atoms with E-state index in [1.807, 2.05) is 0 Å². The molecule has 0 saturated heterocycles. The molecular weight excluding hydrogens is 296 g/mol. The van der Waals surface area contributed by atoms with Gasteiger partial charge < -0.3 is 10.0 Å². The van der Waals surface area contributed by atoms with Crippen molar-refractivity contribution in [1.29, 1.82) is 0 Å². The molecule has 0 radical (unpaired) electrons. The number of allylic oxidation sites excluding steroid dienone is 1. The van der Waals surface area contributed by atoms with Crippen LogP contribution < -0.4 is 0 Å². The second-order valence-corrected chi connectivity index (χ2v) is 5.13. The Morgan fingerprint density at radius 3 is 2.52 bits per heavy atom. The minimum atomic E-state index is -1.13. The van der Waals surface area contributed by atoms with E-state index in [-0.39, 0.29) is 11.5 Å². The van der Waals surface area contributed by atoms with Gasteiger partial charge in [0.2, 0.25) is 12.2 Å². The van der Waals surface area contributed by atoms with Crippen LogP contribution in [-0.2, 0) is 4.79 Å². The Balaban J connectivity index is 1.92. The van der Waals surface area contributed by atoms with E-state index in [9.17, 15) is 19.5 Å². The molecule has 116 valence electrons. The summed E-state index contributed by atoms with van der Waals surface area (Å²) in [5.41, 5.74) is 1.21. The predicted octanol–water partition coefficient (Wildman–Crippen LogP) is 2.68. The van der Waals surface area contributed by atoms with Gasteiger partial charge in [0, 0.05) is 11.8 Å². The quantitative estimate of drug-likeness (QED) is 0.695. The molecule has 0 saturated carbocycles. The number of aromatic nitrogens is 1. The molecule has 2 heterocycles. The minimum absolute atomic E-state index is 0.256. The largest absolute Gasteiger partial charge is 0.464 e. The van der Waals surface area contributed by atoms with Crippen LogP contribution in [0.1, 0.15) is 28.5 Å². The molecule has 1 aromatic carbocycles. The third-order valence-electron chi connectivity index (χ3n) is 3.86. The second kappa shape index (κ2) is 5.92. The number of hydrogen-bond acceptors (Lipinski definition) is 3. The zero-order chi connectivity index (χ0) is 16.4. The van der Waals surface area contributed by atoms with Gasteiger partial charge >= 0.3 is 6.09 Å². The monoisotopic (exact) mass is 310 g/mol. The highest BCUT2D eigenvalue weighted by atomic mass is 16.4. The van der Waals surface area contributed by atoms with E-state index < -0.39 is 12.1 Å². The van der Waals surface area contributed by atoms with Crippen LogP contribution in [0.25, 0.3) is 0 Å². The average molecular weight is 310 g/mol. The molecular formula is C17H14N2O4. The zero-order valence-corrected chi connectivity index (χ0v) is 12.1. The fourth-order valence-corrected chi connectivity index (χ4v) is 2.79. The molecule has 1 atom stereocenters. The van der Waals surface area contributed by atoms with Crippen molar-refractivity contribution >= 4 is 18.3 Å². The lowest BCUT2D eigenvalue weighted by Gasteiger charge is -2.23. The van der Waals surface area contributed by atoms with Crippen molar-refractivity contribution in [1.82, 2.24) is 9.47 Å². The minimum Gasteiger partial charge on any atom is -0.464 e. The van der Waals surface area contributed by atoms with Gasteiger partial charge in [-0.2, -0.15) is 0 Å². The fraction of sp³-hybridized carbons (Fsp3) is 0.118. The third kappa shape index (κ3) is 2.55. The van der Waals surface area contributed by atoms with Crippen molar-refractivity contribution in [2.24, 2.45) is 0 Å². The first kappa shape index (κ1) is 14.8. The van der Waals surface area contributed by atoms with Crippen LogP contribution in [-0.4, -0.2) is 32.9 Å². The number of carbonyl (C=O) groups excluding carboxylic acids is 2. The Hall–Kier alpha value is -3.15. The Kier molecular flexibility index (Phi) is 3.80. The van der Waals surface area contributed by atoms with Gasteiger partial charge in [-0.05, 0) is 18.6 Å². The van der Waals surface area contributed by atoms with Gasteiger partial charge in [-0.25, -0.2) is 4.79 Å². The van der Waals surface area contributed by atoms with E-state index in [1.165, 1.54) is 11.1 Å². The van der Waals surface area contributed by atoms with Crippen LogP contribution in [0, 0.1) is 0 Å². The lowest BCUT2D eigenvalue weighted by molar-refractivity contribution is -0.117. The van der Waals surface area contributed by atoms with Crippen LogP contribution in [0.15, 0.2) is 60.4 Å². The fourth-order valence-electron chi connectivity index (χ4n) is 2.79. The first-order valence-electron chi connectivity index (χ1n) is 7.07. The van der Waals surface area contributed by atoms with Gasteiger partial charge in [0.15, 0.2) is 0 Å². The highest BCUT2D eigenvalue weighted by molar-refractivity contribution is 6.09. The van der Waals surface area contributed by atoms with Gasteiger partial charge in [-0.3, -0.25) is 14.2 Å². The predicted molar refractivity (Wildman–Crippen MR) is 82.0 cm³/mol. The molecule has 1 aliphatic rings. The first-order chi connectivity index (χ1) is 11.1. The summed E-state index contributed by atoms with van der Waals surface area (Å²) in [6.07, 6.45) is 2.93. The molecule has 2 aromatic rings. The normalized spacial score (nSPS) is 17.0. The van der Waals surface area contributed by atoms with Gasteiger partial charge in [0.05, 0.1) is 17.4 Å². The van der Waals surface area contributed by atoms with Crippen LogP contribution >= 0.6 is 0 Å². The number of hydrogen-bond donors (Lipinski definition) is 1. The van der Waals surface area contributed by atoms with Crippen LogP contribution in [0.2, 0.25) is 0 Å². The Bertz CT molecular complexity index is 792. The molecule has 0 bridgehead atoms. The van der Waals surface area contributed by atoms with Gasteiger partial charge in [0.25, 0.3) is 0 Å². The van der Waals surface area contributed by atoms with Crippen molar-refractivity contribution in [3.63, 3.8) is 0 Å². The maximum absolute atomic E-state index is 12.6. The number of carbonyl (C=O) groups is 3. The summed E-state index contributed by atoms with van der Waals surface area (Å²) in [6.45, 7) is 0. The van der Waals surface area contributed by atoms with E-state index in [2.05, 4.69) is 0 Å². The van der Waals surface area contributed by atoms with Crippen LogP contribution in [0.4, 0.5) is 4.79 Å². The molecule has 6 nitrogen and oxygen atoms in total. The summed E-state index contributed by atoms with van der Waals surface area (Å²) >= 11 is 0. The van der Waals surface area contributed by atoms with Gasteiger partial charge in [-0.15, -0.1) is 0 Å². The smallest absolute Gasteiger partial charge is 0.415 e. The van der Waals surface area contributed by atoms with Gasteiger partial charge in [0.1, 0.15) is 0 Å². The topological polar surface area (TPSA) is 79.6 Å². The van der Waals surface area contributed by atoms with E-state index in [4.69, 9.17) is 0 Å². The number of nitrogens with zero attached hydrogens (tertiary/aromatic N) is 2. The number of ketones is 1. The zero-order valence-electron chi connectivity index (χ0n) is 12.1. The van der Waals surface area contributed by atoms with E-state index in [0.717, 1.165) is 4.57 Å². The highest BCUT2D eigenvalue weighted by Crippen LogP contribution is 2.34. The standard InChI is InChI=1S/C17H14N2O4/c20-11-19-14(13-7-4-10-18(13)17(22)23)8-9-15(19)16(21)12-5-2-1-3-6-12/h1-7,9-11,14H,8H2,(H,22,23). The highest BCUT2D eigenvalue weighted by Gasteiger charge is 2.33. The molecule has 23 heavy (non-hydrogen) atoms. The lowest BCUT2D eigenvalue weighted by atomic mass is 10.1. The number of Topliss-reactive ketones (excluding diaryl/α,β-unsaturated/α-hetero) is 1. The summed E-state index contributed by atoms with van der Waals surface area (Å²) < 4.78 is 1.06. The summed E-state index contributed by atoms with van der Waals surface area (Å²) in [6, 6.07) is 11.4. The lowest BCUT2D eigenvalue weighted by Crippen LogP contribution is -2.28. The Morgan fingerprint density at radius 1 is 1.13 bits per heavy atom. The van der Waals surface area contributed by atoms with Gasteiger partial charge in [-0.1, -0.05) is 36.4 Å². The summed E-state index contributed by atoms with van der Waals surface area (Å²) in [5, 5.41) is 9.20. The SMILES string of the molecule is O=CN1C(C(=O)c2ccccc2)=CCC1c1cccn1C(=O)O.